The van der Waals surface area contributed by atoms with Crippen molar-refractivity contribution in [2.24, 2.45) is 11.7 Å². The summed E-state index contributed by atoms with van der Waals surface area (Å²) in [4.78, 5) is 39.0. The van der Waals surface area contributed by atoms with Crippen molar-refractivity contribution in [1.29, 1.82) is 0 Å². The van der Waals surface area contributed by atoms with Crippen molar-refractivity contribution in [3.63, 3.8) is 0 Å². The van der Waals surface area contributed by atoms with Gasteiger partial charge in [-0.1, -0.05) is 24.3 Å². The molecule has 1 atom stereocenters. The number of imide groups is 1. The average molecular weight is 365 g/mol. The number of nitrogens with two attached hydrogens (primary N) is 1. The molecule has 1 fully saturated rings. The highest BCUT2D eigenvalue weighted by Gasteiger charge is 2.33. The Bertz CT molecular complexity index is 869. The van der Waals surface area contributed by atoms with E-state index in [4.69, 9.17) is 5.73 Å². The number of nitrogens with one attached hydrogen (secondary N) is 1. The summed E-state index contributed by atoms with van der Waals surface area (Å²) in [5.74, 6) is -0.150. The number of hydrogen-bond donors (Lipinski definition) is 2. The van der Waals surface area contributed by atoms with Gasteiger partial charge in [0.15, 0.2) is 0 Å². The first kappa shape index (κ1) is 17.7. The number of benzene rings is 2. The number of rotatable bonds is 7. The highest BCUT2D eigenvalue weighted by Crippen LogP contribution is 2.32. The van der Waals surface area contributed by atoms with Gasteiger partial charge in [0.25, 0.3) is 11.8 Å². The molecule has 2 aromatic rings. The fraction of sp³-hybridized carbons (Fsp3) is 0.381. The lowest BCUT2D eigenvalue weighted by atomic mass is 9.94. The summed E-state index contributed by atoms with van der Waals surface area (Å²) in [5.41, 5.74) is 6.80. The zero-order valence-corrected chi connectivity index (χ0v) is 15.1. The molecule has 4 rings (SSSR count). The van der Waals surface area contributed by atoms with Crippen LogP contribution >= 0.6 is 0 Å². The van der Waals surface area contributed by atoms with Gasteiger partial charge in [0.1, 0.15) is 0 Å². The minimum Gasteiger partial charge on any atom is -0.352 e. The van der Waals surface area contributed by atoms with Crippen LogP contribution < -0.4 is 11.1 Å². The van der Waals surface area contributed by atoms with Gasteiger partial charge in [-0.05, 0) is 42.7 Å². The van der Waals surface area contributed by atoms with Gasteiger partial charge in [-0.2, -0.15) is 0 Å². The summed E-state index contributed by atoms with van der Waals surface area (Å²) >= 11 is 0. The molecule has 140 valence electrons. The molecule has 1 saturated carbocycles. The molecule has 1 aliphatic heterocycles. The van der Waals surface area contributed by atoms with E-state index in [0.717, 1.165) is 23.6 Å². The first-order chi connectivity index (χ1) is 13.1. The van der Waals surface area contributed by atoms with Crippen LogP contribution in [0.25, 0.3) is 10.8 Å². The first-order valence-corrected chi connectivity index (χ1v) is 9.47. The predicted octanol–water partition coefficient (Wildman–Crippen LogP) is 2.07. The molecule has 0 radical (unpaired) electrons. The molecule has 0 aromatic heterocycles. The Labute approximate surface area is 157 Å². The maximum atomic E-state index is 12.8. The summed E-state index contributed by atoms with van der Waals surface area (Å²) in [6.45, 7) is 0.673. The molecule has 2 aromatic carbocycles. The Kier molecular flexibility index (Phi) is 4.66. The molecule has 0 bridgehead atoms. The molecule has 2 aliphatic rings. The maximum absolute atomic E-state index is 12.8. The number of amides is 3. The van der Waals surface area contributed by atoms with Crippen molar-refractivity contribution in [3.8, 4) is 0 Å². The molecule has 6 nitrogen and oxygen atoms in total. The van der Waals surface area contributed by atoms with Crippen LogP contribution in [0, 0.1) is 5.92 Å². The van der Waals surface area contributed by atoms with Crippen molar-refractivity contribution in [3.05, 3.63) is 47.5 Å². The zero-order valence-electron chi connectivity index (χ0n) is 15.1. The van der Waals surface area contributed by atoms with Crippen LogP contribution in [0.1, 0.15) is 46.4 Å². The summed E-state index contributed by atoms with van der Waals surface area (Å²) in [7, 11) is 0. The molecule has 3 amide bonds. The largest absolute Gasteiger partial charge is 0.352 e. The van der Waals surface area contributed by atoms with Crippen LogP contribution in [0.15, 0.2) is 36.4 Å². The third kappa shape index (κ3) is 3.32. The Morgan fingerprint density at radius 1 is 1.11 bits per heavy atom. The van der Waals surface area contributed by atoms with E-state index in [1.165, 1.54) is 4.90 Å². The van der Waals surface area contributed by atoms with Gasteiger partial charge in [0, 0.05) is 42.1 Å². The highest BCUT2D eigenvalue weighted by atomic mass is 16.2. The van der Waals surface area contributed by atoms with Crippen LogP contribution in [0.2, 0.25) is 0 Å². The molecular formula is C21H23N3O3. The smallest absolute Gasteiger partial charge is 0.261 e. The van der Waals surface area contributed by atoms with Gasteiger partial charge in [-0.25, -0.2) is 0 Å². The minimum atomic E-state index is -0.289. The van der Waals surface area contributed by atoms with E-state index in [1.54, 1.807) is 12.1 Å². The number of hydrogen-bond acceptors (Lipinski definition) is 4. The molecule has 3 N–H and O–H groups in total. The fourth-order valence-electron chi connectivity index (χ4n) is 3.83. The van der Waals surface area contributed by atoms with E-state index in [2.05, 4.69) is 5.32 Å². The Morgan fingerprint density at radius 2 is 1.74 bits per heavy atom. The van der Waals surface area contributed by atoms with Crippen molar-refractivity contribution < 1.29 is 14.4 Å². The summed E-state index contributed by atoms with van der Waals surface area (Å²) < 4.78 is 0. The SMILES string of the molecule is NCC(NC(=O)CCCN1C(=O)c2cccc3cccc(c23)C1=O)C1CC1. The van der Waals surface area contributed by atoms with Gasteiger partial charge in [-0.3, -0.25) is 19.3 Å². The Balaban J connectivity index is 1.42. The van der Waals surface area contributed by atoms with Gasteiger partial charge in [0.2, 0.25) is 5.91 Å². The van der Waals surface area contributed by atoms with Gasteiger partial charge in [0.05, 0.1) is 0 Å². The molecule has 1 heterocycles. The number of carbonyl (C=O) groups excluding carboxylic acids is 3. The van der Waals surface area contributed by atoms with Crippen molar-refractivity contribution in [1.82, 2.24) is 10.2 Å². The Hall–Kier alpha value is -2.73. The van der Waals surface area contributed by atoms with Crippen LogP contribution in [-0.4, -0.2) is 41.8 Å². The normalized spacial score (nSPS) is 17.3. The second-order valence-corrected chi connectivity index (χ2v) is 7.32. The van der Waals surface area contributed by atoms with E-state index >= 15 is 0 Å². The van der Waals surface area contributed by atoms with Gasteiger partial charge in [-0.15, -0.1) is 0 Å². The second kappa shape index (κ2) is 7.12. The van der Waals surface area contributed by atoms with Crippen LogP contribution in [-0.2, 0) is 4.79 Å². The topological polar surface area (TPSA) is 92.5 Å². The monoisotopic (exact) mass is 365 g/mol. The van der Waals surface area contributed by atoms with Crippen LogP contribution in [0.4, 0.5) is 0 Å². The standard InChI is InChI=1S/C21H23N3O3/c22-12-17(13-9-10-13)23-18(25)8-3-11-24-20(26)15-6-1-4-14-5-2-7-16(19(14)15)21(24)27/h1-2,4-7,13,17H,3,8-12,22H2,(H,23,25). The van der Waals surface area contributed by atoms with Crippen molar-refractivity contribution in [2.45, 2.75) is 31.7 Å². The van der Waals surface area contributed by atoms with Crippen molar-refractivity contribution >= 4 is 28.5 Å². The molecule has 0 saturated heterocycles. The lowest BCUT2D eigenvalue weighted by Gasteiger charge is -2.27. The van der Waals surface area contributed by atoms with E-state index in [-0.39, 0.29) is 36.7 Å². The van der Waals surface area contributed by atoms with E-state index in [9.17, 15) is 14.4 Å². The van der Waals surface area contributed by atoms with Crippen molar-refractivity contribution in [2.75, 3.05) is 13.1 Å². The van der Waals surface area contributed by atoms with E-state index in [0.29, 0.717) is 30.0 Å². The first-order valence-electron chi connectivity index (χ1n) is 9.47. The third-order valence-electron chi connectivity index (χ3n) is 5.43. The molecule has 6 heteroatoms. The van der Waals surface area contributed by atoms with Crippen LogP contribution in [0.5, 0.6) is 0 Å². The average Bonchev–Trinajstić information content (AvgIpc) is 3.52. The maximum Gasteiger partial charge on any atom is 0.261 e. The summed E-state index contributed by atoms with van der Waals surface area (Å²) in [6, 6.07) is 11.0. The fourth-order valence-corrected chi connectivity index (χ4v) is 3.83. The van der Waals surface area contributed by atoms with E-state index in [1.807, 2.05) is 24.3 Å². The summed E-state index contributed by atoms with van der Waals surface area (Å²) in [5, 5.41) is 4.58. The number of carbonyl (C=O) groups is 3. The molecule has 0 spiro atoms. The summed E-state index contributed by atoms with van der Waals surface area (Å²) in [6.07, 6.45) is 2.93. The van der Waals surface area contributed by atoms with Gasteiger partial charge >= 0.3 is 0 Å². The predicted molar refractivity (Wildman–Crippen MR) is 102 cm³/mol. The highest BCUT2D eigenvalue weighted by molar-refractivity contribution is 6.25. The molecular weight excluding hydrogens is 342 g/mol. The zero-order chi connectivity index (χ0) is 19.0. The Morgan fingerprint density at radius 3 is 2.30 bits per heavy atom. The van der Waals surface area contributed by atoms with Gasteiger partial charge < -0.3 is 11.1 Å². The third-order valence-corrected chi connectivity index (χ3v) is 5.43. The van der Waals surface area contributed by atoms with E-state index < -0.39 is 0 Å². The molecule has 1 aliphatic carbocycles. The molecule has 1 unspecified atom stereocenters. The molecule has 27 heavy (non-hydrogen) atoms. The lowest BCUT2D eigenvalue weighted by Crippen LogP contribution is -2.43. The second-order valence-electron chi connectivity index (χ2n) is 7.32. The quantitative estimate of drug-likeness (QED) is 0.735. The minimum absolute atomic E-state index is 0.0419. The van der Waals surface area contributed by atoms with Crippen LogP contribution in [0.3, 0.4) is 0 Å². The number of nitrogens with zero attached hydrogens (tertiary/aromatic N) is 1. The lowest BCUT2D eigenvalue weighted by molar-refractivity contribution is -0.122.